The first-order valence-corrected chi connectivity index (χ1v) is 4.49. The van der Waals surface area contributed by atoms with Crippen LogP contribution in [0.2, 0.25) is 0 Å². The van der Waals surface area contributed by atoms with E-state index in [9.17, 15) is 0 Å². The van der Waals surface area contributed by atoms with Crippen molar-refractivity contribution in [3.63, 3.8) is 0 Å². The summed E-state index contributed by atoms with van der Waals surface area (Å²) >= 11 is 0. The number of hydrogen-bond donors (Lipinski definition) is 3. The minimum Gasteiger partial charge on any atom is -0.314 e. The van der Waals surface area contributed by atoms with Crippen molar-refractivity contribution in [1.82, 2.24) is 9.99 Å². The molecule has 0 atom stereocenters. The Labute approximate surface area is 56.5 Å². The van der Waals surface area contributed by atoms with Gasteiger partial charge in [0.1, 0.15) is 8.37 Å². The molecule has 54 valence electrons. The minimum absolute atomic E-state index is 0.825. The van der Waals surface area contributed by atoms with Crippen LogP contribution in [0, 0.1) is 0 Å². The lowest BCUT2D eigenvalue weighted by Crippen LogP contribution is -2.42. The summed E-state index contributed by atoms with van der Waals surface area (Å²) in [4.78, 5) is 0. The predicted octanol–water partition coefficient (Wildman–Crippen LogP) is -0.964. The SMILES string of the molecule is NP(N)N1CCNCC1. The van der Waals surface area contributed by atoms with E-state index in [1.54, 1.807) is 0 Å². The normalized spacial score (nSPS) is 23.0. The van der Waals surface area contributed by atoms with E-state index < -0.39 is 8.37 Å². The Morgan fingerprint density at radius 1 is 1.22 bits per heavy atom. The van der Waals surface area contributed by atoms with Crippen molar-refractivity contribution in [3.05, 3.63) is 0 Å². The van der Waals surface area contributed by atoms with E-state index in [-0.39, 0.29) is 0 Å². The molecule has 1 saturated heterocycles. The van der Waals surface area contributed by atoms with E-state index in [1.165, 1.54) is 0 Å². The standard InChI is InChI=1S/C4H13N4P/c5-9(6)8-3-1-7-2-4-8/h7H,1-6H2. The van der Waals surface area contributed by atoms with Gasteiger partial charge in [0.05, 0.1) is 0 Å². The second kappa shape index (κ2) is 3.44. The highest BCUT2D eigenvalue weighted by Gasteiger charge is 2.12. The molecule has 0 aromatic carbocycles. The van der Waals surface area contributed by atoms with Crippen molar-refractivity contribution < 1.29 is 0 Å². The molecular weight excluding hydrogens is 135 g/mol. The van der Waals surface area contributed by atoms with Crippen LogP contribution in [0.4, 0.5) is 0 Å². The van der Waals surface area contributed by atoms with Gasteiger partial charge in [0.15, 0.2) is 0 Å². The molecule has 5 heteroatoms. The number of nitrogens with one attached hydrogen (secondary N) is 1. The van der Waals surface area contributed by atoms with E-state index in [4.69, 9.17) is 11.0 Å². The Hall–Kier alpha value is 0.270. The molecular formula is C4H13N4P. The third-order valence-corrected chi connectivity index (χ3v) is 2.47. The Morgan fingerprint density at radius 3 is 2.11 bits per heavy atom. The summed E-state index contributed by atoms with van der Waals surface area (Å²) in [5, 5.41) is 3.23. The van der Waals surface area contributed by atoms with Gasteiger partial charge >= 0.3 is 0 Å². The van der Waals surface area contributed by atoms with Crippen LogP contribution in [0.15, 0.2) is 0 Å². The molecule has 1 aliphatic rings. The van der Waals surface area contributed by atoms with Crippen molar-refractivity contribution in [1.29, 1.82) is 0 Å². The van der Waals surface area contributed by atoms with Crippen molar-refractivity contribution in [2.24, 2.45) is 11.0 Å². The van der Waals surface area contributed by atoms with E-state index in [1.807, 2.05) is 0 Å². The van der Waals surface area contributed by atoms with Crippen molar-refractivity contribution in [2.75, 3.05) is 26.2 Å². The fourth-order valence-electron chi connectivity index (χ4n) is 0.884. The predicted molar refractivity (Wildman–Crippen MR) is 39.7 cm³/mol. The molecule has 0 saturated carbocycles. The molecule has 0 aliphatic carbocycles. The minimum atomic E-state index is -0.825. The number of nitrogens with two attached hydrogens (primary N) is 2. The smallest absolute Gasteiger partial charge is 0.108 e. The van der Waals surface area contributed by atoms with Gasteiger partial charge in [-0.05, 0) is 0 Å². The van der Waals surface area contributed by atoms with Gasteiger partial charge in [-0.2, -0.15) is 0 Å². The first-order valence-electron chi connectivity index (χ1n) is 3.06. The second-order valence-electron chi connectivity index (χ2n) is 2.08. The van der Waals surface area contributed by atoms with Crippen LogP contribution in [0.5, 0.6) is 0 Å². The molecule has 0 aromatic rings. The van der Waals surface area contributed by atoms with Gasteiger partial charge in [0.25, 0.3) is 0 Å². The third kappa shape index (κ3) is 2.16. The zero-order valence-corrected chi connectivity index (χ0v) is 6.27. The van der Waals surface area contributed by atoms with Gasteiger partial charge in [-0.25, -0.2) is 0 Å². The molecule has 5 N–H and O–H groups in total. The summed E-state index contributed by atoms with van der Waals surface area (Å²) in [6.07, 6.45) is 0. The van der Waals surface area contributed by atoms with Gasteiger partial charge in [-0.15, -0.1) is 0 Å². The van der Waals surface area contributed by atoms with Gasteiger partial charge in [0.2, 0.25) is 0 Å². The fraction of sp³-hybridized carbons (Fsp3) is 1.00. The van der Waals surface area contributed by atoms with E-state index in [0.717, 1.165) is 26.2 Å². The first kappa shape index (κ1) is 7.38. The maximum absolute atomic E-state index is 5.51. The Morgan fingerprint density at radius 2 is 1.78 bits per heavy atom. The monoisotopic (exact) mass is 148 g/mol. The highest BCUT2D eigenvalue weighted by atomic mass is 31.1. The average molecular weight is 148 g/mol. The highest BCUT2D eigenvalue weighted by molar-refractivity contribution is 7.49. The maximum atomic E-state index is 5.51. The largest absolute Gasteiger partial charge is 0.314 e. The lowest BCUT2D eigenvalue weighted by Gasteiger charge is -2.28. The molecule has 0 unspecified atom stereocenters. The van der Waals surface area contributed by atoms with Crippen LogP contribution in [-0.4, -0.2) is 30.8 Å². The topological polar surface area (TPSA) is 67.3 Å². The molecule has 0 radical (unpaired) electrons. The molecule has 9 heavy (non-hydrogen) atoms. The van der Waals surface area contributed by atoms with Crippen molar-refractivity contribution in [2.45, 2.75) is 0 Å². The zero-order valence-electron chi connectivity index (χ0n) is 5.38. The molecule has 1 aliphatic heterocycles. The third-order valence-electron chi connectivity index (χ3n) is 1.42. The Bertz CT molecular complexity index is 80.6. The Balaban J connectivity index is 2.23. The van der Waals surface area contributed by atoms with Gasteiger partial charge in [0, 0.05) is 26.2 Å². The van der Waals surface area contributed by atoms with Crippen LogP contribution < -0.4 is 16.3 Å². The number of rotatable bonds is 1. The molecule has 4 nitrogen and oxygen atoms in total. The summed E-state index contributed by atoms with van der Waals surface area (Å²) in [5.41, 5.74) is 11.0. The average Bonchev–Trinajstić information content (AvgIpc) is 1.90. The summed E-state index contributed by atoms with van der Waals surface area (Å²) in [6, 6.07) is 0. The second-order valence-corrected chi connectivity index (χ2v) is 3.41. The van der Waals surface area contributed by atoms with Crippen LogP contribution in [0.3, 0.4) is 0 Å². The lowest BCUT2D eigenvalue weighted by molar-refractivity contribution is 0.384. The molecule has 0 bridgehead atoms. The quantitative estimate of drug-likeness (QED) is 0.419. The van der Waals surface area contributed by atoms with Crippen LogP contribution >= 0.6 is 8.37 Å². The maximum Gasteiger partial charge on any atom is 0.108 e. The zero-order chi connectivity index (χ0) is 6.69. The Kier molecular flexibility index (Phi) is 2.82. The van der Waals surface area contributed by atoms with Crippen LogP contribution in [0.1, 0.15) is 0 Å². The number of piperazine rings is 1. The molecule has 0 aromatic heterocycles. The lowest BCUT2D eigenvalue weighted by atomic mass is 10.4. The van der Waals surface area contributed by atoms with Crippen molar-refractivity contribution in [3.8, 4) is 0 Å². The van der Waals surface area contributed by atoms with Gasteiger partial charge in [-0.3, -0.25) is 15.7 Å². The summed E-state index contributed by atoms with van der Waals surface area (Å²) in [5.74, 6) is 0. The van der Waals surface area contributed by atoms with E-state index in [0.29, 0.717) is 0 Å². The highest BCUT2D eigenvalue weighted by Crippen LogP contribution is 2.20. The van der Waals surface area contributed by atoms with E-state index in [2.05, 4.69) is 9.99 Å². The van der Waals surface area contributed by atoms with E-state index >= 15 is 0 Å². The number of hydrogen-bond acceptors (Lipinski definition) is 4. The van der Waals surface area contributed by atoms with Crippen LogP contribution in [-0.2, 0) is 0 Å². The molecule has 1 rings (SSSR count). The summed E-state index contributed by atoms with van der Waals surface area (Å²) in [7, 11) is -0.825. The first-order chi connectivity index (χ1) is 4.30. The summed E-state index contributed by atoms with van der Waals surface area (Å²) in [6.45, 7) is 4.04. The molecule has 0 spiro atoms. The van der Waals surface area contributed by atoms with Gasteiger partial charge < -0.3 is 5.32 Å². The molecule has 0 amide bonds. The summed E-state index contributed by atoms with van der Waals surface area (Å²) < 4.78 is 2.12. The van der Waals surface area contributed by atoms with Crippen molar-refractivity contribution >= 4 is 8.37 Å². The number of nitrogens with zero attached hydrogens (tertiary/aromatic N) is 1. The van der Waals surface area contributed by atoms with Crippen LogP contribution in [0.25, 0.3) is 0 Å². The van der Waals surface area contributed by atoms with Gasteiger partial charge in [-0.1, -0.05) is 0 Å². The molecule has 1 fully saturated rings. The molecule has 1 heterocycles. The fourth-order valence-corrected chi connectivity index (χ4v) is 1.55.